The highest BCUT2D eigenvalue weighted by atomic mass is 28.3. The van der Waals surface area contributed by atoms with Gasteiger partial charge < -0.3 is 39.2 Å². The zero-order valence-corrected chi connectivity index (χ0v) is 98.1. The standard InChI is InChI=1S/C14H23NO.C11H19NO.C11H18O2.C11H20O.C10H18O.C10H18.C9H18O2.2C9H16O.C9H18Si.C9H14.C7H14O2/c1-14(2,3)9-5-7-11-16-12-13-8-4-6-10-15-13;1-11(2,3)7-6-10(13)12-8-4-5-9-12;1-10(2,3)7-8-11(4,5)9(12)13-6;1-11(2,3)7-6-10(12)8-9-4-5-9;1-9(2,3)7-8-10(4,5)11-6;1-9(2,3)7-8-10(4,5)6;1-5-11-8(10)6-7-9(2,3)4;2*1-8(2,3)6-7-9(4,5)10;1-9(2,3)7-8-10(4,5)6;1-8(2)6-7-9(3,4)5;1-7(2,3)5-4-6(8)9/h4,6,8,10H,5,7,9,11-12H2,1-3H3;6-7H,4-5,8-9H2,1-3H3;1-6H3;9H,4-8H2,1-3H3;1-6H3;1-6H3;5-7H2,1-4H3;2*10H,1-5H3;1-6H3;1H2,2-5H3;4-5H2,1-3H3,(H,8,9)/b;7-6+;;;;;;;;;;/i;;;;;;;4D3;;;;. The fourth-order valence-corrected chi connectivity index (χ4v) is 8.82. The van der Waals surface area contributed by atoms with Crippen molar-refractivity contribution < 1.29 is 62.4 Å². The van der Waals surface area contributed by atoms with Crippen molar-refractivity contribution in [3.63, 3.8) is 0 Å². The van der Waals surface area contributed by atoms with Crippen LogP contribution in [0, 0.1) is 164 Å². The number of unbranched alkanes of at least 4 members (excludes halogenated alkanes) is 1. The van der Waals surface area contributed by atoms with Crippen LogP contribution < -0.4 is 0 Å². The predicted molar refractivity (Wildman–Crippen MR) is 582 cm³/mol. The van der Waals surface area contributed by atoms with Gasteiger partial charge in [-0.3, -0.25) is 29.0 Å². The van der Waals surface area contributed by atoms with Gasteiger partial charge in [-0.25, -0.2) is 0 Å². The minimum atomic E-state index is -2.45. The average molecular weight is 1890 g/mol. The van der Waals surface area contributed by atoms with Crippen LogP contribution in [0.4, 0.5) is 0 Å². The number of Topliss-reactive ketones (excluding diaryl/α,β-unsaturated/α-hetero) is 1. The van der Waals surface area contributed by atoms with E-state index in [2.05, 4.69) is 305 Å². The summed E-state index contributed by atoms with van der Waals surface area (Å²) in [7, 11) is 1.93. The molecule has 15 heteroatoms. The van der Waals surface area contributed by atoms with Crippen molar-refractivity contribution in [3.05, 3.63) is 54.4 Å². The monoisotopic (exact) mass is 1890 g/mol. The van der Waals surface area contributed by atoms with Crippen LogP contribution in [0.15, 0.2) is 48.7 Å². The Labute approximate surface area is 836 Å². The summed E-state index contributed by atoms with van der Waals surface area (Å²) >= 11 is 0. The molecule has 1 saturated carbocycles. The molecule has 2 fully saturated rings. The molecule has 1 aliphatic heterocycles. The summed E-state index contributed by atoms with van der Waals surface area (Å²) in [6, 6.07) is 5.91. The van der Waals surface area contributed by atoms with Gasteiger partial charge in [0.05, 0.1) is 26.0 Å². The largest absolute Gasteiger partial charge is 0.481 e. The number of ketones is 1. The summed E-state index contributed by atoms with van der Waals surface area (Å²) < 4.78 is 41.2. The van der Waals surface area contributed by atoms with Gasteiger partial charge in [0.25, 0.3) is 0 Å². The molecule has 1 amide bonds. The normalized spacial score (nSPS) is 13.7. The van der Waals surface area contributed by atoms with Gasteiger partial charge in [0.15, 0.2) is 0 Å². The number of hydrogen-bond donors (Lipinski definition) is 3. The molecular weight excluding hydrogens is 1680 g/mol. The molecule has 3 rings (SSSR count). The number of likely N-dealkylation sites (tertiary alicyclic amines) is 1. The minimum Gasteiger partial charge on any atom is -0.481 e. The Morgan fingerprint density at radius 2 is 0.888 bits per heavy atom. The summed E-state index contributed by atoms with van der Waals surface area (Å²) in [6.45, 7) is 109. The van der Waals surface area contributed by atoms with E-state index in [0.717, 1.165) is 88.2 Å². The molecule has 2 aliphatic rings. The first-order chi connectivity index (χ1) is 60.4. The van der Waals surface area contributed by atoms with E-state index in [4.69, 9.17) is 23.4 Å². The van der Waals surface area contributed by atoms with Crippen molar-refractivity contribution in [1.82, 2.24) is 9.88 Å². The summed E-state index contributed by atoms with van der Waals surface area (Å²) in [5, 5.41) is 27.0. The Balaban J connectivity index is -0.000000187. The number of aliphatic carboxylic acids is 1. The van der Waals surface area contributed by atoms with E-state index in [1.54, 1.807) is 47.1 Å². The highest BCUT2D eigenvalue weighted by Gasteiger charge is 2.28. The van der Waals surface area contributed by atoms with Gasteiger partial charge in [-0.15, -0.1) is 11.5 Å². The van der Waals surface area contributed by atoms with Gasteiger partial charge in [-0.05, 0) is 350 Å². The highest BCUT2D eigenvalue weighted by Crippen LogP contribution is 2.34. The number of carbonyl (C=O) groups excluding carboxylic acids is 4. The lowest BCUT2D eigenvalue weighted by molar-refractivity contribution is -0.147. The fraction of sp³-hybridized carbons (Fsp3) is 0.765. The Morgan fingerprint density at radius 1 is 0.507 bits per heavy atom. The molecular formula is C119H212N2O12Si. The number of ether oxygens (including phenoxy) is 4. The lowest BCUT2D eigenvalue weighted by atomic mass is 9.89. The predicted octanol–water partition coefficient (Wildman–Crippen LogP) is 30.4. The maximum Gasteiger partial charge on any atom is 0.323 e. The maximum absolute atomic E-state index is 11.5. The molecule has 1 aliphatic carbocycles. The van der Waals surface area contributed by atoms with E-state index in [1.807, 2.05) is 140 Å². The van der Waals surface area contributed by atoms with Gasteiger partial charge >= 0.3 is 17.9 Å². The molecule has 3 N–H and O–H groups in total. The smallest absolute Gasteiger partial charge is 0.323 e. The Morgan fingerprint density at radius 3 is 1.18 bits per heavy atom. The molecule has 1 aromatic heterocycles. The van der Waals surface area contributed by atoms with Crippen LogP contribution >= 0.6 is 0 Å². The van der Waals surface area contributed by atoms with Crippen molar-refractivity contribution >= 4 is 37.7 Å². The van der Waals surface area contributed by atoms with Crippen LogP contribution in [-0.4, -0.2) is 120 Å². The van der Waals surface area contributed by atoms with E-state index in [9.17, 15) is 34.2 Å². The number of aliphatic hydroxyl groups is 2. The first-order valence-corrected chi connectivity index (χ1v) is 52.2. The number of rotatable bonds is 18. The molecule has 134 heavy (non-hydrogen) atoms. The van der Waals surface area contributed by atoms with Crippen molar-refractivity contribution in [2.75, 3.05) is 40.5 Å². The van der Waals surface area contributed by atoms with Gasteiger partial charge in [0, 0.05) is 106 Å². The zero-order chi connectivity index (χ0) is 111. The summed E-state index contributed by atoms with van der Waals surface area (Å²) in [6.07, 6.45) is 19.2. The molecule has 774 valence electrons. The number of hydrogen-bond acceptors (Lipinski definition) is 12. The lowest BCUT2D eigenvalue weighted by Crippen LogP contribution is -2.25. The topological polar surface area (TPSA) is 199 Å². The summed E-state index contributed by atoms with van der Waals surface area (Å²) in [5.41, 5.74) is 3.02. The highest BCUT2D eigenvalue weighted by molar-refractivity contribution is 6.83. The number of carboxylic acids is 1. The number of carboxylic acid groups (broad SMARTS) is 1. The lowest BCUT2D eigenvalue weighted by Gasteiger charge is -2.17. The summed E-state index contributed by atoms with van der Waals surface area (Å²) in [4.78, 5) is 61.1. The van der Waals surface area contributed by atoms with Gasteiger partial charge in [0.1, 0.15) is 36.1 Å². The third-order valence-corrected chi connectivity index (χ3v) is 16.7. The maximum atomic E-state index is 11.5. The van der Waals surface area contributed by atoms with Crippen molar-refractivity contribution in [1.29, 1.82) is 0 Å². The quantitative estimate of drug-likeness (QED) is 0.0413. The number of methoxy groups -OCH3 is 2. The Kier molecular flexibility index (Phi) is 68.6. The molecule has 0 radical (unpaired) electrons. The number of aromatic nitrogens is 1. The Bertz CT molecular complexity index is 3900. The van der Waals surface area contributed by atoms with E-state index >= 15 is 0 Å². The third-order valence-electron chi connectivity index (χ3n) is 15.8. The first-order valence-electron chi connectivity index (χ1n) is 50.2. The number of allylic oxidation sites excluding steroid dienone is 2. The van der Waals surface area contributed by atoms with E-state index in [0.29, 0.717) is 36.2 Å². The first kappa shape index (κ1) is 138. The van der Waals surface area contributed by atoms with Crippen LogP contribution in [0.5, 0.6) is 0 Å². The molecule has 1 saturated heterocycles. The number of esters is 2. The van der Waals surface area contributed by atoms with E-state index < -0.39 is 37.5 Å². The third kappa shape index (κ3) is 145. The summed E-state index contributed by atoms with van der Waals surface area (Å²) in [5.74, 6) is 39.0. The fourth-order valence-electron chi connectivity index (χ4n) is 8.07. The van der Waals surface area contributed by atoms with Crippen molar-refractivity contribution in [2.45, 2.75) is 472 Å². The minimum absolute atomic E-state index is 0.0139. The zero-order valence-electron chi connectivity index (χ0n) is 100. The SMILES string of the molecule is C=C(C)C#CC(C)(C)C.CC(C)(C)/C=C/C(=O)N1CCCC1.CC(C)(C)C#CC(C)(C)C.CC(C)(C)C#CC(C)(C)O.CC(C)(C)C#C[Si](C)(C)C.CC(C)(C)CCC(=O)CC1CC1.CC(C)(C)CCC(=O)O.CC(C)(C)CCCCOCc1ccccn1.CCOC(=O)CCC(C)(C)C.COC(=O)C(C)(C)C#CC(C)(C)C.COC(C)(C)C#CC(C)(C)C.[2H]C([2H])([2H])C(C)(O)C#CC(C)(C)C. The number of carbonyl (C=O) groups is 5. The molecule has 0 aromatic carbocycles. The number of pyridine rings is 1. The Hall–Kier alpha value is -6.84. The molecule has 1 aromatic rings. The number of amides is 1. The van der Waals surface area contributed by atoms with Crippen LogP contribution in [0.25, 0.3) is 0 Å². The second-order valence-corrected chi connectivity index (χ2v) is 56.7. The second kappa shape index (κ2) is 66.7. The van der Waals surface area contributed by atoms with E-state index in [1.165, 1.54) is 39.7 Å². The van der Waals surface area contributed by atoms with Crippen LogP contribution in [0.1, 0.15) is 439 Å². The van der Waals surface area contributed by atoms with Crippen LogP contribution in [0.2, 0.25) is 19.6 Å². The molecule has 2 heterocycles. The van der Waals surface area contributed by atoms with E-state index in [-0.39, 0.29) is 89.4 Å². The van der Waals surface area contributed by atoms with Gasteiger partial charge in [-0.1, -0.05) is 220 Å². The second-order valence-electron chi connectivity index (χ2n) is 51.9. The molecule has 1 unspecified atom stereocenters. The van der Waals surface area contributed by atoms with Gasteiger partial charge in [-0.2, -0.15) is 0 Å². The van der Waals surface area contributed by atoms with Gasteiger partial charge in [0.2, 0.25) is 5.91 Å². The van der Waals surface area contributed by atoms with Crippen LogP contribution in [-0.2, 0) is 49.5 Å². The van der Waals surface area contributed by atoms with Crippen molar-refractivity contribution in [2.24, 2.45) is 81.7 Å². The van der Waals surface area contributed by atoms with Crippen molar-refractivity contribution in [3.8, 4) is 82.5 Å². The number of nitrogens with zero attached hydrogens (tertiary/aromatic N) is 2. The molecule has 0 bridgehead atoms. The molecule has 0 spiro atoms. The molecule has 1 atom stereocenters. The molecule has 14 nitrogen and oxygen atoms in total. The average Bonchev–Trinajstić information content (AvgIpc) is 1.79. The van der Waals surface area contributed by atoms with Crippen LogP contribution in [0.3, 0.4) is 0 Å².